The predicted octanol–water partition coefficient (Wildman–Crippen LogP) is 11.6. The highest BCUT2D eigenvalue weighted by molar-refractivity contribution is 6.08. The lowest BCUT2D eigenvalue weighted by atomic mass is 9.72. The summed E-state index contributed by atoms with van der Waals surface area (Å²) in [5.41, 5.74) is 13.9. The third-order valence-electron chi connectivity index (χ3n) is 11.2. The Morgan fingerprint density at radius 1 is 0.308 bits per heavy atom. The van der Waals surface area contributed by atoms with Crippen molar-refractivity contribution in [1.82, 2.24) is 0 Å². The van der Waals surface area contributed by atoms with Crippen LogP contribution in [0.15, 0.2) is 97.1 Å². The van der Waals surface area contributed by atoms with Crippen molar-refractivity contribution in [3.05, 3.63) is 175 Å². The molecule has 0 aliphatic carbocycles. The summed E-state index contributed by atoms with van der Waals surface area (Å²) >= 11 is 0. The predicted molar refractivity (Wildman–Crippen MR) is 214 cm³/mol. The number of aromatic hydroxyl groups is 4. The van der Waals surface area contributed by atoms with Gasteiger partial charge in [0.2, 0.25) is 0 Å². The van der Waals surface area contributed by atoms with Crippen LogP contribution in [-0.2, 0) is 0 Å². The van der Waals surface area contributed by atoms with E-state index >= 15 is 0 Å². The molecule has 0 aliphatic heterocycles. The van der Waals surface area contributed by atoms with Crippen LogP contribution < -0.4 is 0 Å². The molecule has 0 saturated carbocycles. The van der Waals surface area contributed by atoms with E-state index in [1.54, 1.807) is 0 Å². The van der Waals surface area contributed by atoms with Gasteiger partial charge in [-0.2, -0.15) is 0 Å². The first kappa shape index (κ1) is 34.7. The number of fused-ring (bicyclic) bond motifs is 2. The van der Waals surface area contributed by atoms with Gasteiger partial charge < -0.3 is 20.4 Å². The number of hydrogen-bond donors (Lipinski definition) is 4. The molecule has 52 heavy (non-hydrogen) atoms. The van der Waals surface area contributed by atoms with Gasteiger partial charge >= 0.3 is 0 Å². The molecule has 0 amide bonds. The van der Waals surface area contributed by atoms with Crippen LogP contribution in [0.25, 0.3) is 21.5 Å². The molecule has 7 aromatic rings. The van der Waals surface area contributed by atoms with E-state index in [1.165, 1.54) is 0 Å². The average molecular weight is 687 g/mol. The van der Waals surface area contributed by atoms with Crippen molar-refractivity contribution >= 4 is 21.5 Å². The number of aryl methyl sites for hydroxylation is 8. The summed E-state index contributed by atoms with van der Waals surface area (Å²) in [7, 11) is 0. The summed E-state index contributed by atoms with van der Waals surface area (Å²) < 4.78 is 0. The zero-order chi connectivity index (χ0) is 37.2. The molecule has 0 saturated heterocycles. The van der Waals surface area contributed by atoms with Crippen LogP contribution in [-0.4, -0.2) is 20.4 Å². The summed E-state index contributed by atoms with van der Waals surface area (Å²) in [5, 5.41) is 47.6. The van der Waals surface area contributed by atoms with Crippen molar-refractivity contribution in [3.8, 4) is 23.0 Å². The van der Waals surface area contributed by atoms with Gasteiger partial charge in [-0.05, 0) is 179 Å². The lowest BCUT2D eigenvalue weighted by Gasteiger charge is -2.31. The molecule has 4 nitrogen and oxygen atoms in total. The van der Waals surface area contributed by atoms with Crippen molar-refractivity contribution in [2.45, 2.75) is 67.2 Å². The van der Waals surface area contributed by atoms with Crippen molar-refractivity contribution in [2.24, 2.45) is 0 Å². The van der Waals surface area contributed by atoms with Gasteiger partial charge in [0.05, 0.1) is 0 Å². The molecule has 0 atom stereocenters. The van der Waals surface area contributed by atoms with E-state index in [-0.39, 0.29) is 34.8 Å². The lowest BCUT2D eigenvalue weighted by Crippen LogP contribution is -2.13. The smallest absolute Gasteiger partial charge is 0.118 e. The first-order valence-electron chi connectivity index (χ1n) is 17.9. The molecular formula is C48H46O4. The Morgan fingerprint density at radius 3 is 0.731 bits per heavy atom. The largest absolute Gasteiger partial charge is 0.508 e. The minimum Gasteiger partial charge on any atom is -0.508 e. The summed E-state index contributed by atoms with van der Waals surface area (Å²) in [4.78, 5) is 0. The van der Waals surface area contributed by atoms with Gasteiger partial charge in [-0.15, -0.1) is 0 Å². The highest BCUT2D eigenvalue weighted by Crippen LogP contribution is 2.50. The molecule has 0 aliphatic rings. The van der Waals surface area contributed by atoms with Crippen LogP contribution in [0.1, 0.15) is 89.7 Å². The molecule has 4 N–H and O–H groups in total. The molecule has 0 unspecified atom stereocenters. The summed E-state index contributed by atoms with van der Waals surface area (Å²) in [5.74, 6) is 0.625. The quantitative estimate of drug-likeness (QED) is 0.104. The first-order chi connectivity index (χ1) is 24.8. The number of benzene rings is 7. The Bertz CT molecular complexity index is 2210. The Morgan fingerprint density at radius 2 is 0.519 bits per heavy atom. The molecule has 262 valence electrons. The second-order valence-electron chi connectivity index (χ2n) is 14.8. The highest BCUT2D eigenvalue weighted by atomic mass is 16.3. The summed E-state index contributed by atoms with van der Waals surface area (Å²) in [6, 6.07) is 33.2. The number of rotatable bonds is 6. The maximum Gasteiger partial charge on any atom is 0.118 e. The van der Waals surface area contributed by atoms with Crippen LogP contribution >= 0.6 is 0 Å². The number of hydrogen-bond acceptors (Lipinski definition) is 4. The molecule has 0 aromatic heterocycles. The molecule has 0 radical (unpaired) electrons. The van der Waals surface area contributed by atoms with E-state index in [4.69, 9.17) is 0 Å². The van der Waals surface area contributed by atoms with Crippen molar-refractivity contribution in [1.29, 1.82) is 0 Å². The van der Waals surface area contributed by atoms with Crippen LogP contribution in [0.3, 0.4) is 0 Å². The average Bonchev–Trinajstić information content (AvgIpc) is 3.10. The van der Waals surface area contributed by atoms with Gasteiger partial charge in [0, 0.05) is 11.8 Å². The van der Waals surface area contributed by atoms with Crippen molar-refractivity contribution in [2.75, 3.05) is 0 Å². The molecule has 7 rings (SSSR count). The zero-order valence-electron chi connectivity index (χ0n) is 31.2. The Labute approximate surface area is 306 Å². The molecule has 4 heteroatoms. The van der Waals surface area contributed by atoms with Crippen LogP contribution in [0, 0.1) is 55.4 Å². The maximum absolute atomic E-state index is 10.8. The van der Waals surface area contributed by atoms with Gasteiger partial charge in [-0.3, -0.25) is 0 Å². The van der Waals surface area contributed by atoms with Crippen LogP contribution in [0.4, 0.5) is 0 Å². The zero-order valence-corrected chi connectivity index (χ0v) is 31.2. The van der Waals surface area contributed by atoms with Crippen molar-refractivity contribution in [3.63, 3.8) is 0 Å². The van der Waals surface area contributed by atoms with Gasteiger partial charge in [-0.1, -0.05) is 72.8 Å². The minimum absolute atomic E-state index is 0.226. The van der Waals surface area contributed by atoms with Gasteiger partial charge in [-0.25, -0.2) is 0 Å². The monoisotopic (exact) mass is 686 g/mol. The minimum atomic E-state index is -0.226. The topological polar surface area (TPSA) is 80.9 Å². The van der Waals surface area contributed by atoms with Crippen LogP contribution in [0.5, 0.6) is 23.0 Å². The molecule has 7 aromatic carbocycles. The SMILES string of the molecule is Cc1cc(C(c2cc(C)c(O)cc2C)c2c3ccccc3c(C(c3cc(C)c(O)cc3C)c3cc(C)c(O)cc3C)c3ccccc23)c(C)cc1O. The van der Waals surface area contributed by atoms with E-state index < -0.39 is 0 Å². The summed E-state index contributed by atoms with van der Waals surface area (Å²) in [6.07, 6.45) is 0. The maximum atomic E-state index is 10.8. The fraction of sp³-hybridized carbons (Fsp3) is 0.208. The van der Waals surface area contributed by atoms with E-state index in [0.29, 0.717) is 0 Å². The van der Waals surface area contributed by atoms with E-state index in [2.05, 4.69) is 100 Å². The van der Waals surface area contributed by atoms with Gasteiger partial charge in [0.15, 0.2) is 0 Å². The third-order valence-corrected chi connectivity index (χ3v) is 11.2. The number of phenolic OH excluding ortho intramolecular Hbond substituents is 4. The second kappa shape index (κ2) is 13.1. The third kappa shape index (κ3) is 5.73. The van der Waals surface area contributed by atoms with Gasteiger partial charge in [0.25, 0.3) is 0 Å². The molecule has 0 fully saturated rings. The van der Waals surface area contributed by atoms with Crippen molar-refractivity contribution < 1.29 is 20.4 Å². The Kier molecular flexibility index (Phi) is 8.74. The molecule has 0 bridgehead atoms. The second-order valence-corrected chi connectivity index (χ2v) is 14.8. The highest BCUT2D eigenvalue weighted by Gasteiger charge is 2.31. The fourth-order valence-electron chi connectivity index (χ4n) is 8.31. The lowest BCUT2D eigenvalue weighted by molar-refractivity contribution is 0.469. The molecular weight excluding hydrogens is 641 g/mol. The Balaban J connectivity index is 1.69. The van der Waals surface area contributed by atoms with E-state index in [1.807, 2.05) is 52.0 Å². The van der Waals surface area contributed by atoms with Crippen LogP contribution in [0.2, 0.25) is 0 Å². The van der Waals surface area contributed by atoms with E-state index in [0.717, 1.165) is 99.4 Å². The standard InChI is InChI=1S/C48H46O4/c1-25-21-41(49)29(5)17-37(25)47(38-18-30(6)42(50)22-26(38)2)45-33-13-9-11-15-35(33)46(36-16-12-10-14-34(36)45)48(39-19-31(7)43(51)23-27(39)3)40-20-32(8)44(52)24-28(40)4/h9-24,47-52H,1-8H3. The molecule has 0 spiro atoms. The Hall–Kier alpha value is -5.74. The molecule has 0 heterocycles. The fourth-order valence-corrected chi connectivity index (χ4v) is 8.31. The summed E-state index contributed by atoms with van der Waals surface area (Å²) in [6.45, 7) is 16.0. The van der Waals surface area contributed by atoms with Gasteiger partial charge in [0.1, 0.15) is 23.0 Å². The number of phenols is 4. The van der Waals surface area contributed by atoms with E-state index in [9.17, 15) is 20.4 Å². The first-order valence-corrected chi connectivity index (χ1v) is 17.9. The normalized spacial score (nSPS) is 11.7.